The first kappa shape index (κ1) is 15.5. The van der Waals surface area contributed by atoms with Gasteiger partial charge in [-0.2, -0.15) is 0 Å². The number of hydrogen-bond acceptors (Lipinski definition) is 3. The van der Waals surface area contributed by atoms with Gasteiger partial charge in [-0.3, -0.25) is 0 Å². The smallest absolute Gasteiger partial charge is 0.337 e. The maximum atomic E-state index is 11.7. The molecule has 0 saturated heterocycles. The minimum atomic E-state index is -1.10. The minimum absolute atomic E-state index is 0.0257. The quantitative estimate of drug-likeness (QED) is 0.773. The summed E-state index contributed by atoms with van der Waals surface area (Å²) in [6.07, 6.45) is 0. The van der Waals surface area contributed by atoms with E-state index >= 15 is 0 Å². The van der Waals surface area contributed by atoms with E-state index in [0.717, 1.165) is 0 Å². The first-order valence-electron chi connectivity index (χ1n) is 5.53. The van der Waals surface area contributed by atoms with Crippen LogP contribution in [-0.4, -0.2) is 36.9 Å². The van der Waals surface area contributed by atoms with Gasteiger partial charge in [-0.05, 0) is 25.1 Å². The lowest BCUT2D eigenvalue weighted by molar-refractivity contribution is 0.0698. The summed E-state index contributed by atoms with van der Waals surface area (Å²) in [5.74, 6) is -1.10. The molecular weight excluding hydrogens is 316 g/mol. The monoisotopic (exact) mass is 330 g/mol. The largest absolute Gasteiger partial charge is 0.478 e. The van der Waals surface area contributed by atoms with Gasteiger partial charge in [0.25, 0.3) is 0 Å². The van der Waals surface area contributed by atoms with Gasteiger partial charge in [0.2, 0.25) is 0 Å². The van der Waals surface area contributed by atoms with Gasteiger partial charge in [0.1, 0.15) is 0 Å². The van der Waals surface area contributed by atoms with E-state index in [-0.39, 0.29) is 17.3 Å². The molecule has 0 aliphatic carbocycles. The van der Waals surface area contributed by atoms with Gasteiger partial charge in [0.05, 0.1) is 23.9 Å². The summed E-state index contributed by atoms with van der Waals surface area (Å²) in [4.78, 5) is 22.7. The highest BCUT2D eigenvalue weighted by Crippen LogP contribution is 2.21. The highest BCUT2D eigenvalue weighted by Gasteiger charge is 2.14. The topological polar surface area (TPSA) is 87.7 Å². The van der Waals surface area contributed by atoms with Crippen molar-refractivity contribution in [2.24, 2.45) is 0 Å². The molecule has 2 amide bonds. The molecule has 1 unspecified atom stereocenters. The molecule has 1 aromatic rings. The SMILES string of the molecule is COCC(C)NC(=O)Nc1cc(Br)ccc1C(=O)O. The van der Waals surface area contributed by atoms with Crippen LogP contribution in [0.5, 0.6) is 0 Å². The molecule has 0 radical (unpaired) electrons. The lowest BCUT2D eigenvalue weighted by Crippen LogP contribution is -2.38. The van der Waals surface area contributed by atoms with E-state index in [2.05, 4.69) is 26.6 Å². The number of carboxylic acids is 1. The molecular formula is C12H15BrN2O4. The van der Waals surface area contributed by atoms with Crippen molar-refractivity contribution in [2.75, 3.05) is 19.0 Å². The zero-order valence-electron chi connectivity index (χ0n) is 10.6. The van der Waals surface area contributed by atoms with Gasteiger partial charge in [-0.25, -0.2) is 9.59 Å². The molecule has 3 N–H and O–H groups in total. The van der Waals surface area contributed by atoms with Crippen molar-refractivity contribution in [3.8, 4) is 0 Å². The third kappa shape index (κ3) is 4.88. The third-order valence-electron chi connectivity index (χ3n) is 2.25. The Morgan fingerprint density at radius 1 is 1.47 bits per heavy atom. The highest BCUT2D eigenvalue weighted by molar-refractivity contribution is 9.10. The molecule has 7 heteroatoms. The van der Waals surface area contributed by atoms with Gasteiger partial charge in [-0.1, -0.05) is 15.9 Å². The number of rotatable bonds is 5. The summed E-state index contributed by atoms with van der Waals surface area (Å²) in [6.45, 7) is 2.15. The standard InChI is InChI=1S/C12H15BrN2O4/c1-7(6-19-2)14-12(18)15-10-5-8(13)3-4-9(10)11(16)17/h3-5,7H,6H2,1-2H3,(H,16,17)(H2,14,15,18). The van der Waals surface area contributed by atoms with Crippen molar-refractivity contribution < 1.29 is 19.4 Å². The minimum Gasteiger partial charge on any atom is -0.478 e. The predicted octanol–water partition coefficient (Wildman–Crippen LogP) is 2.30. The van der Waals surface area contributed by atoms with Crippen molar-refractivity contribution in [2.45, 2.75) is 13.0 Å². The van der Waals surface area contributed by atoms with Crippen LogP contribution in [-0.2, 0) is 4.74 Å². The molecule has 0 heterocycles. The van der Waals surface area contributed by atoms with Crippen LogP contribution < -0.4 is 10.6 Å². The number of halogens is 1. The molecule has 0 spiro atoms. The van der Waals surface area contributed by atoms with Crippen molar-refractivity contribution in [1.29, 1.82) is 0 Å². The maximum absolute atomic E-state index is 11.7. The maximum Gasteiger partial charge on any atom is 0.337 e. The number of urea groups is 1. The van der Waals surface area contributed by atoms with Gasteiger partial charge in [0, 0.05) is 11.6 Å². The lowest BCUT2D eigenvalue weighted by atomic mass is 10.2. The average molecular weight is 331 g/mol. The van der Waals surface area contributed by atoms with Gasteiger partial charge in [0.15, 0.2) is 0 Å². The highest BCUT2D eigenvalue weighted by atomic mass is 79.9. The second kappa shape index (κ2) is 7.10. The summed E-state index contributed by atoms with van der Waals surface area (Å²) in [5, 5.41) is 14.2. The number of hydrogen-bond donors (Lipinski definition) is 3. The number of carbonyl (C=O) groups excluding carboxylic acids is 1. The van der Waals surface area contributed by atoms with Crippen molar-refractivity contribution >= 4 is 33.6 Å². The van der Waals surface area contributed by atoms with Crippen LogP contribution in [0.25, 0.3) is 0 Å². The van der Waals surface area contributed by atoms with Crippen LogP contribution in [0.2, 0.25) is 0 Å². The Balaban J connectivity index is 2.78. The van der Waals surface area contributed by atoms with Crippen LogP contribution in [0.1, 0.15) is 17.3 Å². The molecule has 0 bridgehead atoms. The second-order valence-corrected chi connectivity index (χ2v) is 4.87. The van der Waals surface area contributed by atoms with E-state index in [1.807, 2.05) is 0 Å². The summed E-state index contributed by atoms with van der Waals surface area (Å²) in [6, 6.07) is 3.89. The fourth-order valence-electron chi connectivity index (χ4n) is 1.48. The summed E-state index contributed by atoms with van der Waals surface area (Å²) < 4.78 is 5.57. The Morgan fingerprint density at radius 2 is 2.16 bits per heavy atom. The first-order chi connectivity index (χ1) is 8.93. The lowest BCUT2D eigenvalue weighted by Gasteiger charge is -2.14. The van der Waals surface area contributed by atoms with Crippen LogP contribution >= 0.6 is 15.9 Å². The number of anilines is 1. The Kier molecular flexibility index (Phi) is 5.78. The zero-order valence-corrected chi connectivity index (χ0v) is 12.2. The number of benzene rings is 1. The van der Waals surface area contributed by atoms with Gasteiger partial charge < -0.3 is 20.5 Å². The molecule has 104 valence electrons. The molecule has 6 nitrogen and oxygen atoms in total. The van der Waals surface area contributed by atoms with Gasteiger partial charge in [-0.15, -0.1) is 0 Å². The van der Waals surface area contributed by atoms with E-state index in [4.69, 9.17) is 9.84 Å². The van der Waals surface area contributed by atoms with Gasteiger partial charge >= 0.3 is 12.0 Å². The van der Waals surface area contributed by atoms with E-state index in [1.165, 1.54) is 19.2 Å². The Labute approximate surface area is 119 Å². The Bertz CT molecular complexity index is 479. The van der Waals surface area contributed by atoms with Crippen LogP contribution in [0.4, 0.5) is 10.5 Å². The number of carboxylic acid groups (broad SMARTS) is 1. The second-order valence-electron chi connectivity index (χ2n) is 3.95. The van der Waals surface area contributed by atoms with E-state index < -0.39 is 12.0 Å². The Morgan fingerprint density at radius 3 is 2.74 bits per heavy atom. The number of carbonyl (C=O) groups is 2. The van der Waals surface area contributed by atoms with E-state index in [9.17, 15) is 9.59 Å². The molecule has 1 rings (SSSR count). The molecule has 0 aromatic heterocycles. The fraction of sp³-hybridized carbons (Fsp3) is 0.333. The van der Waals surface area contributed by atoms with Crippen LogP contribution in [0.15, 0.2) is 22.7 Å². The number of methoxy groups -OCH3 is 1. The number of amides is 2. The van der Waals surface area contributed by atoms with Crippen LogP contribution in [0, 0.1) is 0 Å². The summed E-state index contributed by atoms with van der Waals surface area (Å²) in [7, 11) is 1.53. The van der Waals surface area contributed by atoms with Crippen molar-refractivity contribution in [3.05, 3.63) is 28.2 Å². The number of aromatic carboxylic acids is 1. The normalized spacial score (nSPS) is 11.7. The van der Waals surface area contributed by atoms with Crippen molar-refractivity contribution in [1.82, 2.24) is 5.32 Å². The summed E-state index contributed by atoms with van der Waals surface area (Å²) in [5.41, 5.74) is 0.252. The number of nitrogens with one attached hydrogen (secondary N) is 2. The molecule has 0 saturated carbocycles. The molecule has 0 aliphatic heterocycles. The third-order valence-corrected chi connectivity index (χ3v) is 2.75. The molecule has 1 atom stereocenters. The molecule has 1 aromatic carbocycles. The molecule has 0 aliphatic rings. The number of ether oxygens (including phenoxy) is 1. The summed E-state index contributed by atoms with van der Waals surface area (Å²) >= 11 is 3.23. The van der Waals surface area contributed by atoms with E-state index in [1.54, 1.807) is 13.0 Å². The van der Waals surface area contributed by atoms with E-state index in [0.29, 0.717) is 11.1 Å². The average Bonchev–Trinajstić information content (AvgIpc) is 2.28. The molecule has 19 heavy (non-hydrogen) atoms. The van der Waals surface area contributed by atoms with Crippen molar-refractivity contribution in [3.63, 3.8) is 0 Å². The zero-order chi connectivity index (χ0) is 14.4. The Hall–Kier alpha value is -1.60. The predicted molar refractivity (Wildman–Crippen MR) is 74.6 cm³/mol. The fourth-order valence-corrected chi connectivity index (χ4v) is 1.84. The first-order valence-corrected chi connectivity index (χ1v) is 6.32. The van der Waals surface area contributed by atoms with Crippen LogP contribution in [0.3, 0.4) is 0 Å². The molecule has 0 fully saturated rings.